The number of anilines is 1. The second-order valence-corrected chi connectivity index (χ2v) is 7.75. The molecule has 1 aromatic rings. The highest BCUT2D eigenvalue weighted by molar-refractivity contribution is 8.13. The predicted molar refractivity (Wildman–Crippen MR) is 74.1 cm³/mol. The van der Waals surface area contributed by atoms with E-state index in [1.165, 1.54) is 4.90 Å². The number of hydrogen-bond acceptors (Lipinski definition) is 4. The molecule has 0 bridgehead atoms. The van der Waals surface area contributed by atoms with Crippen molar-refractivity contribution in [1.82, 2.24) is 4.98 Å². The average Bonchev–Trinajstić information content (AvgIpc) is 2.61. The summed E-state index contributed by atoms with van der Waals surface area (Å²) in [6, 6.07) is 3.31. The number of nitrogens with zero attached hydrogens (tertiary/aromatic N) is 2. The van der Waals surface area contributed by atoms with Crippen LogP contribution in [0.5, 0.6) is 0 Å². The Morgan fingerprint density at radius 2 is 2.16 bits per heavy atom. The molecule has 1 atom stereocenters. The molecule has 1 aliphatic heterocycles. The van der Waals surface area contributed by atoms with Crippen molar-refractivity contribution in [1.29, 1.82) is 0 Å². The molecule has 1 aromatic heterocycles. The molecule has 104 valence electrons. The lowest BCUT2D eigenvalue weighted by Gasteiger charge is -2.16. The summed E-state index contributed by atoms with van der Waals surface area (Å²) in [5.41, 5.74) is 0.625. The molecule has 0 saturated carbocycles. The van der Waals surface area contributed by atoms with Gasteiger partial charge in [0, 0.05) is 29.6 Å². The van der Waals surface area contributed by atoms with E-state index in [1.807, 2.05) is 0 Å². The summed E-state index contributed by atoms with van der Waals surface area (Å²) >= 11 is 5.88. The number of pyridine rings is 1. The van der Waals surface area contributed by atoms with E-state index in [1.54, 1.807) is 19.1 Å². The molecule has 1 fully saturated rings. The van der Waals surface area contributed by atoms with E-state index in [0.717, 1.165) is 0 Å². The fraction of sp³-hybridized carbons (Fsp3) is 0.455. The zero-order valence-electron chi connectivity index (χ0n) is 10.1. The fourth-order valence-corrected chi connectivity index (χ4v) is 3.50. The second-order valence-electron chi connectivity index (χ2n) is 4.52. The van der Waals surface area contributed by atoms with Gasteiger partial charge in [0.1, 0.15) is 5.82 Å². The molecular formula is C11H12Cl2N2O3S. The third-order valence-electron chi connectivity index (χ3n) is 2.92. The molecule has 1 aliphatic rings. The molecule has 0 spiro atoms. The minimum Gasteiger partial charge on any atom is -0.296 e. The van der Waals surface area contributed by atoms with Crippen molar-refractivity contribution in [2.45, 2.75) is 13.3 Å². The van der Waals surface area contributed by atoms with Crippen LogP contribution in [0, 0.1) is 12.8 Å². The number of aromatic nitrogens is 1. The Kier molecular flexibility index (Phi) is 4.03. The van der Waals surface area contributed by atoms with Crippen molar-refractivity contribution >= 4 is 43.1 Å². The van der Waals surface area contributed by atoms with Gasteiger partial charge >= 0.3 is 0 Å². The van der Waals surface area contributed by atoms with Crippen LogP contribution in [0.2, 0.25) is 5.02 Å². The molecule has 1 unspecified atom stereocenters. The number of halogens is 2. The number of carbonyl (C=O) groups is 1. The maximum Gasteiger partial charge on any atom is 0.232 e. The maximum absolute atomic E-state index is 11.9. The van der Waals surface area contributed by atoms with Crippen LogP contribution < -0.4 is 4.90 Å². The zero-order valence-corrected chi connectivity index (χ0v) is 12.5. The number of aryl methyl sites for hydroxylation is 1. The average molecular weight is 323 g/mol. The van der Waals surface area contributed by atoms with Gasteiger partial charge in [-0.3, -0.25) is 9.69 Å². The first-order valence-electron chi connectivity index (χ1n) is 5.62. The first kappa shape index (κ1) is 14.6. The monoisotopic (exact) mass is 322 g/mol. The topological polar surface area (TPSA) is 67.3 Å². The van der Waals surface area contributed by atoms with Gasteiger partial charge in [-0.2, -0.15) is 0 Å². The largest absolute Gasteiger partial charge is 0.296 e. The molecule has 0 aromatic carbocycles. The molecule has 0 radical (unpaired) electrons. The van der Waals surface area contributed by atoms with Crippen LogP contribution in [0.25, 0.3) is 0 Å². The Bertz CT molecular complexity index is 618. The van der Waals surface area contributed by atoms with Crippen LogP contribution in [0.4, 0.5) is 5.82 Å². The quantitative estimate of drug-likeness (QED) is 0.798. The van der Waals surface area contributed by atoms with Crippen molar-refractivity contribution in [3.63, 3.8) is 0 Å². The Balaban J connectivity index is 2.18. The van der Waals surface area contributed by atoms with Gasteiger partial charge in [0.15, 0.2) is 0 Å². The third-order valence-corrected chi connectivity index (χ3v) is 4.57. The van der Waals surface area contributed by atoms with Gasteiger partial charge in [-0.05, 0) is 19.1 Å². The Morgan fingerprint density at radius 3 is 2.74 bits per heavy atom. The summed E-state index contributed by atoms with van der Waals surface area (Å²) in [5, 5.41) is 0.523. The molecule has 8 heteroatoms. The Labute approximate surface area is 120 Å². The molecule has 0 aliphatic carbocycles. The summed E-state index contributed by atoms with van der Waals surface area (Å²) in [4.78, 5) is 17.6. The van der Waals surface area contributed by atoms with Crippen molar-refractivity contribution in [3.8, 4) is 0 Å². The zero-order chi connectivity index (χ0) is 14.2. The van der Waals surface area contributed by atoms with Crippen LogP contribution in [0.15, 0.2) is 12.1 Å². The van der Waals surface area contributed by atoms with Crippen LogP contribution >= 0.6 is 22.3 Å². The number of carbonyl (C=O) groups excluding carboxylic acids is 1. The van der Waals surface area contributed by atoms with E-state index in [-0.39, 0.29) is 24.0 Å². The Hall–Kier alpha value is -0.850. The second kappa shape index (κ2) is 5.26. The van der Waals surface area contributed by atoms with Gasteiger partial charge in [-0.15, -0.1) is 0 Å². The fourth-order valence-electron chi connectivity index (χ4n) is 2.08. The van der Waals surface area contributed by atoms with E-state index >= 15 is 0 Å². The standard InChI is InChI=1S/C11H12Cl2N2O3S/c1-7-9(12)2-3-10(14-7)15-5-8(4-11(15)16)6-19(13,17)18/h2-3,8H,4-6H2,1H3. The minimum atomic E-state index is -3.60. The van der Waals surface area contributed by atoms with E-state index < -0.39 is 9.05 Å². The summed E-state index contributed by atoms with van der Waals surface area (Å²) in [6.07, 6.45) is 0.162. The van der Waals surface area contributed by atoms with Crippen molar-refractivity contribution < 1.29 is 13.2 Å². The third kappa shape index (κ3) is 3.58. The van der Waals surface area contributed by atoms with Crippen molar-refractivity contribution in [3.05, 3.63) is 22.8 Å². The van der Waals surface area contributed by atoms with E-state index in [0.29, 0.717) is 23.1 Å². The molecule has 2 rings (SSSR count). The molecule has 2 heterocycles. The molecule has 5 nitrogen and oxygen atoms in total. The minimum absolute atomic E-state index is 0.153. The lowest BCUT2D eigenvalue weighted by atomic mass is 10.1. The van der Waals surface area contributed by atoms with Gasteiger partial charge in [0.25, 0.3) is 0 Å². The first-order valence-corrected chi connectivity index (χ1v) is 8.48. The van der Waals surface area contributed by atoms with Gasteiger partial charge in [-0.1, -0.05) is 11.6 Å². The highest BCUT2D eigenvalue weighted by Gasteiger charge is 2.33. The normalized spacial score (nSPS) is 20.1. The van der Waals surface area contributed by atoms with Crippen LogP contribution in [-0.4, -0.2) is 31.6 Å². The highest BCUT2D eigenvalue weighted by Crippen LogP contribution is 2.27. The van der Waals surface area contributed by atoms with Crippen molar-refractivity contribution in [2.24, 2.45) is 5.92 Å². The lowest BCUT2D eigenvalue weighted by molar-refractivity contribution is -0.117. The SMILES string of the molecule is Cc1nc(N2CC(CS(=O)(=O)Cl)CC2=O)ccc1Cl. The number of rotatable bonds is 3. The van der Waals surface area contributed by atoms with Crippen molar-refractivity contribution in [2.75, 3.05) is 17.2 Å². The lowest BCUT2D eigenvalue weighted by Crippen LogP contribution is -2.26. The maximum atomic E-state index is 11.9. The smallest absolute Gasteiger partial charge is 0.232 e. The summed E-state index contributed by atoms with van der Waals surface area (Å²) < 4.78 is 22.1. The van der Waals surface area contributed by atoms with Gasteiger partial charge in [0.2, 0.25) is 15.0 Å². The van der Waals surface area contributed by atoms with Gasteiger partial charge < -0.3 is 0 Å². The summed E-state index contributed by atoms with van der Waals surface area (Å²) in [6.45, 7) is 2.05. The molecule has 0 N–H and O–H groups in total. The van der Waals surface area contributed by atoms with Crippen LogP contribution in [0.1, 0.15) is 12.1 Å². The van der Waals surface area contributed by atoms with Gasteiger partial charge in [-0.25, -0.2) is 13.4 Å². The number of amides is 1. The number of hydrogen-bond donors (Lipinski definition) is 0. The molecule has 19 heavy (non-hydrogen) atoms. The first-order chi connectivity index (χ1) is 8.76. The van der Waals surface area contributed by atoms with E-state index in [4.69, 9.17) is 22.3 Å². The molecule has 1 saturated heterocycles. The predicted octanol–water partition coefficient (Wildman–Crippen LogP) is 1.96. The molecular weight excluding hydrogens is 311 g/mol. The summed E-state index contributed by atoms with van der Waals surface area (Å²) in [7, 11) is 1.61. The van der Waals surface area contributed by atoms with Gasteiger partial charge in [0.05, 0.1) is 16.5 Å². The Morgan fingerprint density at radius 1 is 1.47 bits per heavy atom. The molecule has 1 amide bonds. The van der Waals surface area contributed by atoms with Crippen LogP contribution in [-0.2, 0) is 13.8 Å². The van der Waals surface area contributed by atoms with E-state index in [9.17, 15) is 13.2 Å². The summed E-state index contributed by atoms with van der Waals surface area (Å²) in [5.74, 6) is -0.169. The van der Waals surface area contributed by atoms with Crippen LogP contribution in [0.3, 0.4) is 0 Å². The highest BCUT2D eigenvalue weighted by atomic mass is 35.7. The van der Waals surface area contributed by atoms with E-state index in [2.05, 4.69) is 4.98 Å².